The van der Waals surface area contributed by atoms with Crippen molar-refractivity contribution in [2.24, 2.45) is 0 Å². The van der Waals surface area contributed by atoms with E-state index in [2.05, 4.69) is 36.2 Å². The van der Waals surface area contributed by atoms with Gasteiger partial charge >= 0.3 is 87.9 Å². The molecule has 0 bridgehead atoms. The molecule has 0 atom stereocenters. The topological polar surface area (TPSA) is 12.9 Å². The molecule has 0 radical (unpaired) electrons. The average molecular weight is 246 g/mol. The minimum atomic E-state index is 0.465. The number of fused-ring (bicyclic) bond motifs is 3. The zero-order valence-electron chi connectivity index (χ0n) is 7.82. The Morgan fingerprint density at radius 1 is 1.07 bits per heavy atom. The van der Waals surface area contributed by atoms with Crippen LogP contribution in [0.2, 0.25) is 0 Å². The summed E-state index contributed by atoms with van der Waals surface area (Å²) in [4.78, 5) is 4.18. The summed E-state index contributed by atoms with van der Waals surface area (Å²) in [6.07, 6.45) is 3.89. The molecule has 3 aromatic rings. The van der Waals surface area contributed by atoms with Crippen molar-refractivity contribution in [1.82, 2.24) is 4.98 Å². The van der Waals surface area contributed by atoms with Gasteiger partial charge in [0.1, 0.15) is 0 Å². The first-order valence-electron chi connectivity index (χ1n) is 4.57. The molecule has 2 heterocycles. The summed E-state index contributed by atoms with van der Waals surface area (Å²) in [7, 11) is 0. The van der Waals surface area contributed by atoms with Gasteiger partial charge < -0.3 is 0 Å². The van der Waals surface area contributed by atoms with Crippen LogP contribution in [0.3, 0.4) is 0 Å². The van der Waals surface area contributed by atoms with E-state index in [1.165, 1.54) is 24.9 Å². The number of aryl methyl sites for hydroxylation is 1. The summed E-state index contributed by atoms with van der Waals surface area (Å²) < 4.78 is 2.91. The van der Waals surface area contributed by atoms with E-state index in [1.807, 2.05) is 12.4 Å². The maximum absolute atomic E-state index is 4.18. The predicted molar refractivity (Wildman–Crippen MR) is 60.9 cm³/mol. The van der Waals surface area contributed by atoms with Gasteiger partial charge in [0.15, 0.2) is 0 Å². The Morgan fingerprint density at radius 3 is 2.93 bits per heavy atom. The summed E-state index contributed by atoms with van der Waals surface area (Å²) in [5, 5.41) is 2.81. The van der Waals surface area contributed by atoms with Crippen LogP contribution in [0.4, 0.5) is 0 Å². The van der Waals surface area contributed by atoms with Crippen LogP contribution in [0, 0.1) is 6.92 Å². The van der Waals surface area contributed by atoms with Crippen LogP contribution >= 0.6 is 0 Å². The number of nitrogens with zero attached hydrogens (tertiary/aromatic N) is 1. The van der Waals surface area contributed by atoms with Gasteiger partial charge in [0, 0.05) is 0 Å². The predicted octanol–water partition coefficient (Wildman–Crippen LogP) is 2.75. The fourth-order valence-electron chi connectivity index (χ4n) is 1.75. The Morgan fingerprint density at radius 2 is 2.00 bits per heavy atom. The van der Waals surface area contributed by atoms with Crippen molar-refractivity contribution in [3.8, 4) is 0 Å². The molecule has 2 heteroatoms. The number of benzene rings is 1. The van der Waals surface area contributed by atoms with E-state index in [0.29, 0.717) is 14.5 Å². The monoisotopic (exact) mass is 247 g/mol. The van der Waals surface area contributed by atoms with Crippen molar-refractivity contribution in [1.29, 1.82) is 0 Å². The van der Waals surface area contributed by atoms with Gasteiger partial charge in [-0.2, -0.15) is 0 Å². The second-order valence-electron chi connectivity index (χ2n) is 3.47. The van der Waals surface area contributed by atoms with E-state index in [0.717, 1.165) is 0 Å². The van der Waals surface area contributed by atoms with Gasteiger partial charge in [-0.1, -0.05) is 0 Å². The molecule has 0 saturated heterocycles. The Bertz CT molecular complexity index is 610. The van der Waals surface area contributed by atoms with Crippen LogP contribution in [0.5, 0.6) is 0 Å². The molecule has 0 aliphatic heterocycles. The van der Waals surface area contributed by atoms with Crippen molar-refractivity contribution in [2.45, 2.75) is 6.92 Å². The van der Waals surface area contributed by atoms with Gasteiger partial charge in [0.25, 0.3) is 0 Å². The summed E-state index contributed by atoms with van der Waals surface area (Å²) in [5.74, 6) is 0. The van der Waals surface area contributed by atoms with E-state index in [-0.39, 0.29) is 0 Å². The normalized spacial score (nSPS) is 11.2. The van der Waals surface area contributed by atoms with Crippen molar-refractivity contribution in [3.05, 3.63) is 42.2 Å². The van der Waals surface area contributed by atoms with Gasteiger partial charge in [-0.05, 0) is 0 Å². The van der Waals surface area contributed by atoms with Crippen molar-refractivity contribution < 1.29 is 0 Å². The SMILES string of the molecule is Cc1ccc2[se]c3cnccc3c2c1. The molecular formula is C12H9NSe. The summed E-state index contributed by atoms with van der Waals surface area (Å²) in [5.41, 5.74) is 1.34. The zero-order valence-corrected chi connectivity index (χ0v) is 9.53. The van der Waals surface area contributed by atoms with Crippen molar-refractivity contribution >= 4 is 33.8 Å². The summed E-state index contributed by atoms with van der Waals surface area (Å²) in [6.45, 7) is 2.15. The molecule has 0 spiro atoms. The van der Waals surface area contributed by atoms with E-state index in [9.17, 15) is 0 Å². The second kappa shape index (κ2) is 2.94. The van der Waals surface area contributed by atoms with E-state index < -0.39 is 0 Å². The third-order valence-electron chi connectivity index (χ3n) is 2.43. The van der Waals surface area contributed by atoms with Crippen LogP contribution < -0.4 is 0 Å². The van der Waals surface area contributed by atoms with Gasteiger partial charge in [0.05, 0.1) is 0 Å². The average Bonchev–Trinajstić information content (AvgIpc) is 2.56. The first kappa shape index (κ1) is 8.22. The molecule has 0 N–H and O–H groups in total. The Labute approximate surface area is 88.1 Å². The van der Waals surface area contributed by atoms with Gasteiger partial charge in [-0.15, -0.1) is 0 Å². The first-order valence-corrected chi connectivity index (χ1v) is 6.29. The molecular weight excluding hydrogens is 237 g/mol. The van der Waals surface area contributed by atoms with Crippen molar-refractivity contribution in [3.63, 3.8) is 0 Å². The first-order chi connectivity index (χ1) is 6.84. The molecule has 0 fully saturated rings. The molecule has 0 amide bonds. The quantitative estimate of drug-likeness (QED) is 0.556. The summed E-state index contributed by atoms with van der Waals surface area (Å²) >= 11 is 0.465. The van der Waals surface area contributed by atoms with Crippen molar-refractivity contribution in [2.75, 3.05) is 0 Å². The molecule has 0 saturated carbocycles. The second-order valence-corrected chi connectivity index (χ2v) is 5.75. The molecule has 1 nitrogen and oxygen atoms in total. The number of hydrogen-bond donors (Lipinski definition) is 0. The maximum atomic E-state index is 4.18. The molecule has 3 rings (SSSR count). The van der Waals surface area contributed by atoms with Gasteiger partial charge in [-0.25, -0.2) is 0 Å². The van der Waals surface area contributed by atoms with E-state index >= 15 is 0 Å². The Hall–Kier alpha value is -1.11. The molecule has 2 aromatic heterocycles. The van der Waals surface area contributed by atoms with Crippen LogP contribution in [0.25, 0.3) is 19.3 Å². The fourth-order valence-corrected chi connectivity index (χ4v) is 3.96. The summed E-state index contributed by atoms with van der Waals surface area (Å²) in [6, 6.07) is 8.86. The molecule has 0 aliphatic carbocycles. The molecule has 14 heavy (non-hydrogen) atoms. The zero-order chi connectivity index (χ0) is 9.54. The van der Waals surface area contributed by atoms with E-state index in [4.69, 9.17) is 0 Å². The van der Waals surface area contributed by atoms with Gasteiger partial charge in [0.2, 0.25) is 0 Å². The Kier molecular flexibility index (Phi) is 1.73. The standard InChI is InChI=1S/C12H9NSe/c1-8-2-3-11-10(6-8)9-4-5-13-7-12(9)14-11/h2-7H,1H3. The van der Waals surface area contributed by atoms with Crippen LogP contribution in [-0.2, 0) is 0 Å². The van der Waals surface area contributed by atoms with Crippen LogP contribution in [-0.4, -0.2) is 19.5 Å². The Balaban J connectivity index is 2.58. The van der Waals surface area contributed by atoms with Crippen LogP contribution in [0.15, 0.2) is 36.7 Å². The van der Waals surface area contributed by atoms with Crippen LogP contribution in [0.1, 0.15) is 5.56 Å². The third-order valence-corrected chi connectivity index (χ3v) is 4.78. The number of rotatable bonds is 0. The number of hydrogen-bond acceptors (Lipinski definition) is 1. The molecule has 1 aromatic carbocycles. The third kappa shape index (κ3) is 1.12. The van der Waals surface area contributed by atoms with Gasteiger partial charge in [-0.3, -0.25) is 0 Å². The molecule has 68 valence electrons. The minimum absolute atomic E-state index is 0.465. The number of aromatic nitrogens is 1. The molecule has 0 unspecified atom stereocenters. The fraction of sp³-hybridized carbons (Fsp3) is 0.0833. The number of pyridine rings is 1. The van der Waals surface area contributed by atoms with E-state index in [1.54, 1.807) is 0 Å². The molecule has 0 aliphatic rings.